The number of alkyl carbamates (subject to hydrolysis) is 1. The summed E-state index contributed by atoms with van der Waals surface area (Å²) in [6, 6.07) is 5.22. The predicted molar refractivity (Wildman–Crippen MR) is 102 cm³/mol. The van der Waals surface area contributed by atoms with E-state index in [2.05, 4.69) is 15.1 Å². The van der Waals surface area contributed by atoms with Crippen molar-refractivity contribution in [2.24, 2.45) is 0 Å². The molecule has 0 saturated carbocycles. The van der Waals surface area contributed by atoms with E-state index >= 15 is 0 Å². The van der Waals surface area contributed by atoms with Crippen molar-refractivity contribution in [3.05, 3.63) is 24.0 Å². The highest BCUT2D eigenvalue weighted by Crippen LogP contribution is 2.34. The Kier molecular flexibility index (Phi) is 5.58. The lowest BCUT2D eigenvalue weighted by molar-refractivity contribution is 0.0497. The first-order chi connectivity index (χ1) is 12.3. The molecule has 0 atom stereocenters. The third kappa shape index (κ3) is 4.80. The van der Waals surface area contributed by atoms with Crippen molar-refractivity contribution in [1.82, 2.24) is 5.32 Å². The minimum atomic E-state index is -0.483. The van der Waals surface area contributed by atoms with Crippen LogP contribution < -0.4 is 15.1 Å². The molecular formula is C20H30FN3O2. The molecule has 0 unspecified atom stereocenters. The van der Waals surface area contributed by atoms with E-state index in [4.69, 9.17) is 4.74 Å². The van der Waals surface area contributed by atoms with Gasteiger partial charge in [0.05, 0.1) is 11.4 Å². The molecule has 2 aliphatic rings. The van der Waals surface area contributed by atoms with Crippen molar-refractivity contribution < 1.29 is 13.9 Å². The van der Waals surface area contributed by atoms with Crippen molar-refractivity contribution in [3.8, 4) is 0 Å². The molecule has 1 aromatic carbocycles. The first-order valence-corrected chi connectivity index (χ1v) is 9.61. The molecule has 6 heteroatoms. The number of hydrogen-bond acceptors (Lipinski definition) is 4. The van der Waals surface area contributed by atoms with Gasteiger partial charge in [-0.05, 0) is 64.7 Å². The van der Waals surface area contributed by atoms with Gasteiger partial charge in [-0.3, -0.25) is 0 Å². The zero-order chi connectivity index (χ0) is 18.7. The Bertz CT molecular complexity index is 630. The average molecular weight is 363 g/mol. The standard InChI is InChI=1S/C20H30FN3O2/c1-20(2,3)26-19(25)22-16-8-12-24(13-9-16)17-7-6-15(21)14-18(17)23-10-4-5-11-23/h6-7,14,16H,4-5,8-13H2,1-3H3,(H,22,25). The minimum absolute atomic E-state index is 0.122. The van der Waals surface area contributed by atoms with Crippen LogP contribution in [0.2, 0.25) is 0 Å². The molecule has 2 aliphatic heterocycles. The van der Waals surface area contributed by atoms with Gasteiger partial charge in [0, 0.05) is 32.2 Å². The number of ether oxygens (including phenoxy) is 1. The van der Waals surface area contributed by atoms with Crippen LogP contribution in [0.5, 0.6) is 0 Å². The molecule has 1 amide bonds. The van der Waals surface area contributed by atoms with Crippen molar-refractivity contribution in [1.29, 1.82) is 0 Å². The first kappa shape index (κ1) is 18.8. The number of carbonyl (C=O) groups excluding carboxylic acids is 1. The van der Waals surface area contributed by atoms with Crippen molar-refractivity contribution in [3.63, 3.8) is 0 Å². The lowest BCUT2D eigenvalue weighted by atomic mass is 10.0. The van der Waals surface area contributed by atoms with Crippen LogP contribution in [0, 0.1) is 5.82 Å². The van der Waals surface area contributed by atoms with Gasteiger partial charge >= 0.3 is 6.09 Å². The Balaban J connectivity index is 1.61. The summed E-state index contributed by atoms with van der Waals surface area (Å²) in [5, 5.41) is 2.97. The molecule has 0 radical (unpaired) electrons. The van der Waals surface area contributed by atoms with E-state index in [0.717, 1.165) is 63.2 Å². The SMILES string of the molecule is CC(C)(C)OC(=O)NC1CCN(c2ccc(F)cc2N2CCCC2)CC1. The Hall–Kier alpha value is -1.98. The van der Waals surface area contributed by atoms with Crippen molar-refractivity contribution in [2.75, 3.05) is 36.0 Å². The minimum Gasteiger partial charge on any atom is -0.444 e. The second kappa shape index (κ2) is 7.72. The summed E-state index contributed by atoms with van der Waals surface area (Å²) in [6.45, 7) is 9.26. The fourth-order valence-electron chi connectivity index (χ4n) is 3.71. The smallest absolute Gasteiger partial charge is 0.407 e. The van der Waals surface area contributed by atoms with Gasteiger partial charge in [-0.25, -0.2) is 9.18 Å². The van der Waals surface area contributed by atoms with Crippen LogP contribution in [-0.4, -0.2) is 43.9 Å². The largest absolute Gasteiger partial charge is 0.444 e. The van der Waals surface area contributed by atoms with Gasteiger partial charge in [-0.15, -0.1) is 0 Å². The molecule has 144 valence electrons. The number of nitrogens with zero attached hydrogens (tertiary/aromatic N) is 2. The van der Waals surface area contributed by atoms with Gasteiger partial charge in [-0.2, -0.15) is 0 Å². The molecule has 2 heterocycles. The number of benzene rings is 1. The van der Waals surface area contributed by atoms with Gasteiger partial charge in [0.25, 0.3) is 0 Å². The Labute approximate surface area is 155 Å². The summed E-state index contributed by atoms with van der Waals surface area (Å²) in [5.74, 6) is -0.183. The lowest BCUT2D eigenvalue weighted by Gasteiger charge is -2.36. The summed E-state index contributed by atoms with van der Waals surface area (Å²) < 4.78 is 19.1. The van der Waals surface area contributed by atoms with Crippen molar-refractivity contribution in [2.45, 2.75) is 58.1 Å². The van der Waals surface area contributed by atoms with Crippen LogP contribution in [0.1, 0.15) is 46.5 Å². The number of nitrogens with one attached hydrogen (secondary N) is 1. The Morgan fingerprint density at radius 3 is 2.31 bits per heavy atom. The van der Waals surface area contributed by atoms with Crippen LogP contribution in [0.15, 0.2) is 18.2 Å². The molecule has 0 spiro atoms. The predicted octanol–water partition coefficient (Wildman–Crippen LogP) is 3.92. The summed E-state index contributed by atoms with van der Waals surface area (Å²) in [4.78, 5) is 16.5. The number of carbonyl (C=O) groups is 1. The zero-order valence-electron chi connectivity index (χ0n) is 16.1. The van der Waals surface area contributed by atoms with E-state index in [0.29, 0.717) is 0 Å². The molecule has 5 nitrogen and oxygen atoms in total. The van der Waals surface area contributed by atoms with Gasteiger partial charge in [0.2, 0.25) is 0 Å². The van der Waals surface area contributed by atoms with Crippen molar-refractivity contribution >= 4 is 17.5 Å². The van der Waals surface area contributed by atoms with Gasteiger partial charge in [0.1, 0.15) is 11.4 Å². The molecule has 3 rings (SSSR count). The molecule has 1 aromatic rings. The second-order valence-corrected chi connectivity index (χ2v) is 8.23. The van der Waals surface area contributed by atoms with Crippen LogP contribution in [-0.2, 0) is 4.74 Å². The molecular weight excluding hydrogens is 333 g/mol. The van der Waals surface area contributed by atoms with Crippen LogP contribution in [0.25, 0.3) is 0 Å². The Morgan fingerprint density at radius 1 is 1.08 bits per heavy atom. The van der Waals surface area contributed by atoms with E-state index in [1.807, 2.05) is 26.8 Å². The Morgan fingerprint density at radius 2 is 1.69 bits per heavy atom. The normalized spacial score (nSPS) is 18.9. The van der Waals surface area contributed by atoms with E-state index in [1.54, 1.807) is 12.1 Å². The van der Waals surface area contributed by atoms with E-state index < -0.39 is 5.60 Å². The summed E-state index contributed by atoms with van der Waals surface area (Å²) >= 11 is 0. The number of halogens is 1. The number of hydrogen-bond donors (Lipinski definition) is 1. The maximum Gasteiger partial charge on any atom is 0.407 e. The number of anilines is 2. The van der Waals surface area contributed by atoms with E-state index in [1.165, 1.54) is 0 Å². The molecule has 0 aliphatic carbocycles. The van der Waals surface area contributed by atoms with Crippen LogP contribution >= 0.6 is 0 Å². The summed E-state index contributed by atoms with van der Waals surface area (Å²) in [6.07, 6.45) is 3.69. The number of amides is 1. The highest BCUT2D eigenvalue weighted by molar-refractivity contribution is 5.72. The van der Waals surface area contributed by atoms with Gasteiger partial charge in [-0.1, -0.05) is 0 Å². The molecule has 2 fully saturated rings. The third-order valence-corrected chi connectivity index (χ3v) is 4.94. The van der Waals surface area contributed by atoms with Gasteiger partial charge < -0.3 is 19.9 Å². The molecule has 0 aromatic heterocycles. The molecule has 0 bridgehead atoms. The van der Waals surface area contributed by atoms with Gasteiger partial charge in [0.15, 0.2) is 0 Å². The zero-order valence-corrected chi connectivity index (χ0v) is 16.1. The average Bonchev–Trinajstić information content (AvgIpc) is 3.08. The summed E-state index contributed by atoms with van der Waals surface area (Å²) in [5.41, 5.74) is 1.62. The quantitative estimate of drug-likeness (QED) is 0.884. The molecule has 1 N–H and O–H groups in total. The van der Waals surface area contributed by atoms with Crippen LogP contribution in [0.3, 0.4) is 0 Å². The van der Waals surface area contributed by atoms with E-state index in [9.17, 15) is 9.18 Å². The first-order valence-electron chi connectivity index (χ1n) is 9.61. The molecule has 26 heavy (non-hydrogen) atoms. The highest BCUT2D eigenvalue weighted by atomic mass is 19.1. The topological polar surface area (TPSA) is 44.8 Å². The van der Waals surface area contributed by atoms with Crippen LogP contribution in [0.4, 0.5) is 20.6 Å². The monoisotopic (exact) mass is 363 g/mol. The third-order valence-electron chi connectivity index (χ3n) is 4.94. The lowest BCUT2D eigenvalue weighted by Crippen LogP contribution is -2.46. The van der Waals surface area contributed by atoms with E-state index in [-0.39, 0.29) is 18.0 Å². The fourth-order valence-corrected chi connectivity index (χ4v) is 3.71. The number of piperidine rings is 1. The maximum absolute atomic E-state index is 13.8. The molecule has 2 saturated heterocycles. The number of rotatable bonds is 3. The fraction of sp³-hybridized carbons (Fsp3) is 0.650. The summed E-state index contributed by atoms with van der Waals surface area (Å²) in [7, 11) is 0. The highest BCUT2D eigenvalue weighted by Gasteiger charge is 2.26. The maximum atomic E-state index is 13.8. The second-order valence-electron chi connectivity index (χ2n) is 8.23.